The SMILES string of the molecule is CS(=O)(=O)N1CCC(CNC(=O)CCCOc2cccc(Cl)c2Cl)CC1. The maximum atomic E-state index is 11.9. The number of amides is 1. The first-order valence-electron chi connectivity index (χ1n) is 8.56. The molecule has 1 aliphatic heterocycles. The first-order valence-corrected chi connectivity index (χ1v) is 11.2. The molecule has 2 rings (SSSR count). The smallest absolute Gasteiger partial charge is 0.220 e. The molecule has 146 valence electrons. The lowest BCUT2D eigenvalue weighted by atomic mass is 9.98. The molecule has 0 radical (unpaired) electrons. The summed E-state index contributed by atoms with van der Waals surface area (Å²) in [6.07, 6.45) is 3.70. The summed E-state index contributed by atoms with van der Waals surface area (Å²) in [4.78, 5) is 11.9. The molecule has 6 nitrogen and oxygen atoms in total. The van der Waals surface area contributed by atoms with Crippen molar-refractivity contribution < 1.29 is 17.9 Å². The highest BCUT2D eigenvalue weighted by Gasteiger charge is 2.24. The Kier molecular flexibility index (Phi) is 8.01. The second-order valence-corrected chi connectivity index (χ2v) is 9.18. The van der Waals surface area contributed by atoms with Gasteiger partial charge in [-0.25, -0.2) is 12.7 Å². The third kappa shape index (κ3) is 6.61. The van der Waals surface area contributed by atoms with Crippen molar-refractivity contribution in [1.29, 1.82) is 0 Å². The molecule has 1 saturated heterocycles. The van der Waals surface area contributed by atoms with Crippen molar-refractivity contribution in [2.75, 3.05) is 32.5 Å². The van der Waals surface area contributed by atoms with Crippen molar-refractivity contribution >= 4 is 39.1 Å². The van der Waals surface area contributed by atoms with E-state index < -0.39 is 10.0 Å². The Bertz CT molecular complexity index is 719. The van der Waals surface area contributed by atoms with E-state index in [0.29, 0.717) is 60.8 Å². The third-order valence-electron chi connectivity index (χ3n) is 4.35. The van der Waals surface area contributed by atoms with Gasteiger partial charge in [0.1, 0.15) is 10.8 Å². The number of sulfonamides is 1. The van der Waals surface area contributed by atoms with Crippen LogP contribution in [0.3, 0.4) is 0 Å². The Hall–Kier alpha value is -1.02. The highest BCUT2D eigenvalue weighted by molar-refractivity contribution is 7.88. The predicted octanol–water partition coefficient (Wildman–Crippen LogP) is 2.94. The fourth-order valence-electron chi connectivity index (χ4n) is 2.80. The van der Waals surface area contributed by atoms with Gasteiger partial charge in [0.2, 0.25) is 15.9 Å². The van der Waals surface area contributed by atoms with Crippen molar-refractivity contribution in [1.82, 2.24) is 9.62 Å². The molecule has 1 aromatic rings. The molecular weight excluding hydrogens is 399 g/mol. The van der Waals surface area contributed by atoms with Crippen LogP contribution in [-0.4, -0.2) is 51.1 Å². The van der Waals surface area contributed by atoms with E-state index in [-0.39, 0.29) is 5.91 Å². The van der Waals surface area contributed by atoms with Crippen molar-refractivity contribution in [2.24, 2.45) is 5.92 Å². The van der Waals surface area contributed by atoms with Crippen molar-refractivity contribution in [3.8, 4) is 5.75 Å². The fourth-order valence-corrected chi connectivity index (χ4v) is 4.02. The first-order chi connectivity index (χ1) is 12.3. The number of halogens is 2. The Morgan fingerprint density at radius 1 is 1.31 bits per heavy atom. The Morgan fingerprint density at radius 3 is 2.65 bits per heavy atom. The topological polar surface area (TPSA) is 75.7 Å². The van der Waals surface area contributed by atoms with Gasteiger partial charge in [0, 0.05) is 26.1 Å². The third-order valence-corrected chi connectivity index (χ3v) is 6.46. The highest BCUT2D eigenvalue weighted by atomic mass is 35.5. The van der Waals surface area contributed by atoms with Gasteiger partial charge in [-0.3, -0.25) is 4.79 Å². The van der Waals surface area contributed by atoms with E-state index in [4.69, 9.17) is 27.9 Å². The number of hydrogen-bond donors (Lipinski definition) is 1. The Balaban J connectivity index is 1.60. The molecule has 26 heavy (non-hydrogen) atoms. The lowest BCUT2D eigenvalue weighted by Gasteiger charge is -2.30. The molecule has 1 aromatic carbocycles. The normalized spacial score (nSPS) is 16.4. The number of nitrogens with zero attached hydrogens (tertiary/aromatic N) is 1. The number of nitrogens with one attached hydrogen (secondary N) is 1. The molecular formula is C17H24Cl2N2O4S. The van der Waals surface area contributed by atoms with Crippen LogP contribution >= 0.6 is 23.2 Å². The molecule has 1 amide bonds. The average Bonchev–Trinajstić information content (AvgIpc) is 2.60. The van der Waals surface area contributed by atoms with Gasteiger partial charge in [-0.05, 0) is 37.3 Å². The van der Waals surface area contributed by atoms with Gasteiger partial charge in [-0.2, -0.15) is 0 Å². The molecule has 0 bridgehead atoms. The van der Waals surface area contributed by atoms with Crippen molar-refractivity contribution in [3.05, 3.63) is 28.2 Å². The van der Waals surface area contributed by atoms with Crippen LogP contribution in [0.5, 0.6) is 5.75 Å². The Labute approximate surface area is 164 Å². The zero-order chi connectivity index (χ0) is 19.2. The molecule has 1 fully saturated rings. The van der Waals surface area contributed by atoms with E-state index in [1.54, 1.807) is 18.2 Å². The summed E-state index contributed by atoms with van der Waals surface area (Å²) in [6.45, 7) is 2.00. The average molecular weight is 423 g/mol. The number of carbonyl (C=O) groups excluding carboxylic acids is 1. The zero-order valence-corrected chi connectivity index (χ0v) is 17.0. The lowest BCUT2D eigenvalue weighted by molar-refractivity contribution is -0.121. The summed E-state index contributed by atoms with van der Waals surface area (Å²) >= 11 is 11.9. The molecule has 0 spiro atoms. The summed E-state index contributed by atoms with van der Waals surface area (Å²) in [5.41, 5.74) is 0. The van der Waals surface area contributed by atoms with Crippen LogP contribution in [-0.2, 0) is 14.8 Å². The minimum atomic E-state index is -3.11. The second kappa shape index (κ2) is 9.78. The number of piperidine rings is 1. The molecule has 1 aliphatic rings. The van der Waals surface area contributed by atoms with E-state index in [9.17, 15) is 13.2 Å². The number of ether oxygens (including phenoxy) is 1. The van der Waals surface area contributed by atoms with Crippen LogP contribution in [0.1, 0.15) is 25.7 Å². The van der Waals surface area contributed by atoms with Gasteiger partial charge in [-0.1, -0.05) is 29.3 Å². The largest absolute Gasteiger partial charge is 0.492 e. The summed E-state index contributed by atoms with van der Waals surface area (Å²) in [7, 11) is -3.11. The van der Waals surface area contributed by atoms with E-state index in [1.807, 2.05) is 0 Å². The van der Waals surface area contributed by atoms with E-state index >= 15 is 0 Å². The molecule has 1 heterocycles. The first kappa shape index (κ1) is 21.3. The van der Waals surface area contributed by atoms with Gasteiger partial charge >= 0.3 is 0 Å². The molecule has 0 unspecified atom stereocenters. The maximum absolute atomic E-state index is 11.9. The lowest BCUT2D eigenvalue weighted by Crippen LogP contribution is -2.41. The molecule has 0 aliphatic carbocycles. The predicted molar refractivity (Wildman–Crippen MR) is 103 cm³/mol. The Morgan fingerprint density at radius 2 is 2.00 bits per heavy atom. The van der Waals surface area contributed by atoms with Gasteiger partial charge in [0.25, 0.3) is 0 Å². The molecule has 1 N–H and O–H groups in total. The maximum Gasteiger partial charge on any atom is 0.220 e. The molecule has 0 aromatic heterocycles. The molecule has 0 saturated carbocycles. The van der Waals surface area contributed by atoms with E-state index in [1.165, 1.54) is 10.6 Å². The van der Waals surface area contributed by atoms with Crippen LogP contribution in [0.15, 0.2) is 18.2 Å². The van der Waals surface area contributed by atoms with Gasteiger partial charge in [0.05, 0.1) is 17.9 Å². The van der Waals surface area contributed by atoms with Gasteiger partial charge < -0.3 is 10.1 Å². The summed E-state index contributed by atoms with van der Waals surface area (Å²) in [5, 5.41) is 3.72. The second-order valence-electron chi connectivity index (χ2n) is 6.41. The summed E-state index contributed by atoms with van der Waals surface area (Å²) in [5.74, 6) is 0.798. The molecule has 0 atom stereocenters. The van der Waals surface area contributed by atoms with Gasteiger partial charge in [0.15, 0.2) is 0 Å². The van der Waals surface area contributed by atoms with Crippen LogP contribution in [0.4, 0.5) is 0 Å². The zero-order valence-electron chi connectivity index (χ0n) is 14.7. The quantitative estimate of drug-likeness (QED) is 0.653. The number of hydrogen-bond acceptors (Lipinski definition) is 4. The number of carbonyl (C=O) groups is 1. The van der Waals surface area contributed by atoms with Crippen LogP contribution in [0, 0.1) is 5.92 Å². The number of rotatable bonds is 8. The fraction of sp³-hybridized carbons (Fsp3) is 0.588. The summed E-state index contributed by atoms with van der Waals surface area (Å²) < 4.78 is 30.0. The minimum Gasteiger partial charge on any atom is -0.492 e. The standard InChI is InChI=1S/C17H24Cl2N2O4S/c1-26(23,24)21-9-7-13(8-10-21)12-20-16(22)6-3-11-25-15-5-2-4-14(18)17(15)19/h2,4-5,13H,3,6-12H2,1H3,(H,20,22). The van der Waals surface area contributed by atoms with Crippen LogP contribution in [0.2, 0.25) is 10.0 Å². The van der Waals surface area contributed by atoms with Crippen LogP contribution < -0.4 is 10.1 Å². The summed E-state index contributed by atoms with van der Waals surface area (Å²) in [6, 6.07) is 5.17. The minimum absolute atomic E-state index is 0.0312. The number of benzene rings is 1. The van der Waals surface area contributed by atoms with Crippen molar-refractivity contribution in [3.63, 3.8) is 0 Å². The van der Waals surface area contributed by atoms with E-state index in [2.05, 4.69) is 5.32 Å². The van der Waals surface area contributed by atoms with Gasteiger partial charge in [-0.15, -0.1) is 0 Å². The van der Waals surface area contributed by atoms with E-state index in [0.717, 1.165) is 12.8 Å². The van der Waals surface area contributed by atoms with Crippen molar-refractivity contribution in [2.45, 2.75) is 25.7 Å². The molecule has 9 heteroatoms. The monoisotopic (exact) mass is 422 g/mol. The van der Waals surface area contributed by atoms with Crippen LogP contribution in [0.25, 0.3) is 0 Å². The highest BCUT2D eigenvalue weighted by Crippen LogP contribution is 2.31.